The molecular weight excluding hydrogens is 402 g/mol. The first-order valence-electron chi connectivity index (χ1n) is 10.5. The molecule has 0 aliphatic carbocycles. The molecule has 6 nitrogen and oxygen atoms in total. The highest BCUT2D eigenvalue weighted by Gasteiger charge is 2.23. The molecule has 0 radical (unpaired) electrons. The van der Waals surface area contributed by atoms with Crippen molar-refractivity contribution >= 4 is 5.96 Å². The lowest BCUT2D eigenvalue weighted by Gasteiger charge is -2.29. The molecule has 0 aromatic heterocycles. The summed E-state index contributed by atoms with van der Waals surface area (Å²) in [6.07, 6.45) is 2.41. The molecular formula is C23H30F2N4O2. The number of halogens is 2. The molecule has 31 heavy (non-hydrogen) atoms. The van der Waals surface area contributed by atoms with Gasteiger partial charge in [0, 0.05) is 20.1 Å². The van der Waals surface area contributed by atoms with Crippen LogP contribution in [-0.4, -0.2) is 51.3 Å². The number of guanidine groups is 1. The fourth-order valence-electron chi connectivity index (χ4n) is 3.77. The highest BCUT2D eigenvalue weighted by molar-refractivity contribution is 5.79. The van der Waals surface area contributed by atoms with Gasteiger partial charge in [-0.3, -0.25) is 9.89 Å². The number of aliphatic imine (C=N–C) groups is 1. The van der Waals surface area contributed by atoms with E-state index in [1.54, 1.807) is 26.3 Å². The molecule has 2 N–H and O–H groups in total. The maximum Gasteiger partial charge on any atom is 0.387 e. The number of benzene rings is 2. The summed E-state index contributed by atoms with van der Waals surface area (Å²) in [4.78, 5) is 6.78. The van der Waals surface area contributed by atoms with Crippen LogP contribution < -0.4 is 20.1 Å². The van der Waals surface area contributed by atoms with Crippen LogP contribution in [0.1, 0.15) is 30.0 Å². The van der Waals surface area contributed by atoms with Crippen LogP contribution in [0.3, 0.4) is 0 Å². The molecule has 1 unspecified atom stereocenters. The Kier molecular flexibility index (Phi) is 8.46. The predicted octanol–water partition coefficient (Wildman–Crippen LogP) is 3.80. The molecule has 2 aromatic rings. The van der Waals surface area contributed by atoms with Crippen molar-refractivity contribution in [3.05, 3.63) is 59.7 Å². The lowest BCUT2D eigenvalue weighted by Crippen LogP contribution is -2.42. The van der Waals surface area contributed by atoms with Crippen molar-refractivity contribution in [2.45, 2.75) is 32.0 Å². The predicted molar refractivity (Wildman–Crippen MR) is 118 cm³/mol. The monoisotopic (exact) mass is 432 g/mol. The highest BCUT2D eigenvalue weighted by Crippen LogP contribution is 2.26. The number of methoxy groups -OCH3 is 1. The average Bonchev–Trinajstić information content (AvgIpc) is 3.31. The Morgan fingerprint density at radius 1 is 1.06 bits per heavy atom. The maximum absolute atomic E-state index is 12.4. The molecule has 1 aliphatic rings. The van der Waals surface area contributed by atoms with Crippen LogP contribution in [0.15, 0.2) is 53.5 Å². The SMILES string of the molecule is CN=C(NCc1cccc(OC(F)F)c1)NCC(c1ccc(OC)cc1)N1CCCC1. The van der Waals surface area contributed by atoms with Crippen LogP contribution in [-0.2, 0) is 6.54 Å². The van der Waals surface area contributed by atoms with Gasteiger partial charge in [-0.1, -0.05) is 24.3 Å². The Labute approximate surface area is 182 Å². The van der Waals surface area contributed by atoms with E-state index in [-0.39, 0.29) is 11.8 Å². The summed E-state index contributed by atoms with van der Waals surface area (Å²) in [7, 11) is 3.38. The maximum atomic E-state index is 12.4. The van der Waals surface area contributed by atoms with Crippen LogP contribution in [0.4, 0.5) is 8.78 Å². The zero-order valence-electron chi connectivity index (χ0n) is 18.0. The number of alkyl halides is 2. The zero-order chi connectivity index (χ0) is 22.1. The summed E-state index contributed by atoms with van der Waals surface area (Å²) in [5.74, 6) is 1.64. The lowest BCUT2D eigenvalue weighted by atomic mass is 10.1. The molecule has 3 rings (SSSR count). The van der Waals surface area contributed by atoms with Crippen LogP contribution in [0, 0.1) is 0 Å². The van der Waals surface area contributed by atoms with Gasteiger partial charge in [0.15, 0.2) is 5.96 Å². The molecule has 1 aliphatic heterocycles. The van der Waals surface area contributed by atoms with E-state index >= 15 is 0 Å². The van der Waals surface area contributed by atoms with Gasteiger partial charge in [-0.25, -0.2) is 0 Å². The van der Waals surface area contributed by atoms with Gasteiger partial charge >= 0.3 is 6.61 Å². The average molecular weight is 433 g/mol. The van der Waals surface area contributed by atoms with Gasteiger partial charge in [-0.15, -0.1) is 0 Å². The van der Waals surface area contributed by atoms with Gasteiger partial charge in [-0.2, -0.15) is 8.78 Å². The minimum Gasteiger partial charge on any atom is -0.497 e. The molecule has 1 atom stereocenters. The van der Waals surface area contributed by atoms with Crippen molar-refractivity contribution < 1.29 is 18.3 Å². The zero-order valence-corrected chi connectivity index (χ0v) is 18.0. The highest BCUT2D eigenvalue weighted by atomic mass is 19.3. The molecule has 0 spiro atoms. The van der Waals surface area contributed by atoms with E-state index < -0.39 is 6.61 Å². The quantitative estimate of drug-likeness (QED) is 0.466. The molecule has 0 amide bonds. The normalized spacial score (nSPS) is 15.7. The molecule has 168 valence electrons. The van der Waals surface area contributed by atoms with Crippen molar-refractivity contribution in [3.8, 4) is 11.5 Å². The number of nitrogens with zero attached hydrogens (tertiary/aromatic N) is 2. The van der Waals surface area contributed by atoms with E-state index in [4.69, 9.17) is 4.74 Å². The van der Waals surface area contributed by atoms with Gasteiger partial charge in [-0.05, 0) is 61.3 Å². The number of hydrogen-bond donors (Lipinski definition) is 2. The molecule has 8 heteroatoms. The van der Waals surface area contributed by atoms with E-state index in [2.05, 4.69) is 37.4 Å². The van der Waals surface area contributed by atoms with Crippen molar-refractivity contribution in [2.75, 3.05) is 33.8 Å². The van der Waals surface area contributed by atoms with Crippen LogP contribution in [0.25, 0.3) is 0 Å². The molecule has 1 heterocycles. The number of hydrogen-bond acceptors (Lipinski definition) is 4. The molecule has 0 saturated carbocycles. The smallest absolute Gasteiger partial charge is 0.387 e. The second-order valence-electron chi connectivity index (χ2n) is 7.36. The third-order valence-corrected chi connectivity index (χ3v) is 5.35. The lowest BCUT2D eigenvalue weighted by molar-refractivity contribution is -0.0498. The second-order valence-corrected chi connectivity index (χ2v) is 7.36. The Hall–Kier alpha value is -2.87. The first kappa shape index (κ1) is 22.8. The van der Waals surface area contributed by atoms with E-state index in [1.165, 1.54) is 24.5 Å². The molecule has 2 aromatic carbocycles. The minimum atomic E-state index is -2.84. The standard InChI is InChI=1S/C23H30F2N4O2/c1-26-23(27-15-17-6-5-7-20(14-17)31-22(24)25)28-16-21(29-12-3-4-13-29)18-8-10-19(30-2)11-9-18/h5-11,14,21-22H,3-4,12-13,15-16H2,1-2H3,(H2,26,27,28). The first-order chi connectivity index (χ1) is 15.1. The largest absolute Gasteiger partial charge is 0.497 e. The van der Waals surface area contributed by atoms with Crippen LogP contribution in [0.2, 0.25) is 0 Å². The van der Waals surface area contributed by atoms with Crippen LogP contribution in [0.5, 0.6) is 11.5 Å². The Bertz CT molecular complexity index is 840. The number of nitrogens with one attached hydrogen (secondary N) is 2. The first-order valence-corrected chi connectivity index (χ1v) is 10.5. The van der Waals surface area contributed by atoms with E-state index in [1.807, 2.05) is 18.2 Å². The minimum absolute atomic E-state index is 0.144. The van der Waals surface area contributed by atoms with Crippen molar-refractivity contribution in [1.29, 1.82) is 0 Å². The topological polar surface area (TPSA) is 58.1 Å². The third kappa shape index (κ3) is 6.82. The van der Waals surface area contributed by atoms with Crippen molar-refractivity contribution in [1.82, 2.24) is 15.5 Å². The summed E-state index contributed by atoms with van der Waals surface area (Å²) in [6, 6.07) is 15.0. The summed E-state index contributed by atoms with van der Waals surface area (Å²) in [5.41, 5.74) is 2.05. The molecule has 1 saturated heterocycles. The fourth-order valence-corrected chi connectivity index (χ4v) is 3.77. The van der Waals surface area contributed by atoms with Gasteiger partial charge in [0.1, 0.15) is 11.5 Å². The van der Waals surface area contributed by atoms with Gasteiger partial charge in [0.25, 0.3) is 0 Å². The van der Waals surface area contributed by atoms with E-state index in [0.29, 0.717) is 19.0 Å². The molecule has 1 fully saturated rings. The van der Waals surface area contributed by atoms with E-state index in [9.17, 15) is 8.78 Å². The van der Waals surface area contributed by atoms with Gasteiger partial charge in [0.05, 0.1) is 13.2 Å². The van der Waals surface area contributed by atoms with Gasteiger partial charge < -0.3 is 20.1 Å². The number of ether oxygens (including phenoxy) is 2. The number of rotatable bonds is 9. The third-order valence-electron chi connectivity index (χ3n) is 5.35. The Balaban J connectivity index is 1.60. The van der Waals surface area contributed by atoms with Crippen molar-refractivity contribution in [2.24, 2.45) is 4.99 Å². The summed E-state index contributed by atoms with van der Waals surface area (Å²) < 4.78 is 34.6. The molecule has 0 bridgehead atoms. The fraction of sp³-hybridized carbons (Fsp3) is 0.435. The van der Waals surface area contributed by atoms with Gasteiger partial charge in [0.2, 0.25) is 0 Å². The second kappa shape index (κ2) is 11.5. The summed E-state index contributed by atoms with van der Waals surface area (Å²) in [5, 5.41) is 6.64. The van der Waals surface area contributed by atoms with E-state index in [0.717, 1.165) is 24.4 Å². The van der Waals surface area contributed by atoms with Crippen molar-refractivity contribution in [3.63, 3.8) is 0 Å². The summed E-state index contributed by atoms with van der Waals surface area (Å²) >= 11 is 0. The Morgan fingerprint density at radius 3 is 2.45 bits per heavy atom. The number of likely N-dealkylation sites (tertiary alicyclic amines) is 1. The van der Waals surface area contributed by atoms with Crippen LogP contribution >= 0.6 is 0 Å². The summed E-state index contributed by atoms with van der Waals surface area (Å²) in [6.45, 7) is 0.443. The Morgan fingerprint density at radius 2 is 1.81 bits per heavy atom.